The van der Waals surface area contributed by atoms with Gasteiger partial charge in [0.05, 0.1) is 12.5 Å². The van der Waals surface area contributed by atoms with Gasteiger partial charge in [-0.1, -0.05) is 29.8 Å². The highest BCUT2D eigenvalue weighted by atomic mass is 16.4. The third kappa shape index (κ3) is 3.87. The Hall–Kier alpha value is -1.84. The maximum Gasteiger partial charge on any atom is 0.303 e. The van der Waals surface area contributed by atoms with Crippen molar-refractivity contribution in [3.63, 3.8) is 0 Å². The van der Waals surface area contributed by atoms with Crippen LogP contribution < -0.4 is 0 Å². The molecule has 0 fully saturated rings. The van der Waals surface area contributed by atoms with Crippen molar-refractivity contribution in [1.82, 2.24) is 4.90 Å². The lowest BCUT2D eigenvalue weighted by Crippen LogP contribution is -2.29. The molecule has 0 aliphatic heterocycles. The van der Waals surface area contributed by atoms with Gasteiger partial charge in [-0.05, 0) is 19.4 Å². The van der Waals surface area contributed by atoms with Gasteiger partial charge in [-0.2, -0.15) is 0 Å². The number of carbonyl (C=O) groups is 2. The predicted molar refractivity (Wildman–Crippen MR) is 69.2 cm³/mol. The van der Waals surface area contributed by atoms with Gasteiger partial charge in [-0.3, -0.25) is 9.59 Å². The quantitative estimate of drug-likeness (QED) is 0.871. The van der Waals surface area contributed by atoms with E-state index in [1.807, 2.05) is 38.1 Å². The van der Waals surface area contributed by atoms with Gasteiger partial charge in [0.25, 0.3) is 0 Å². The predicted octanol–water partition coefficient (Wildman–Crippen LogP) is 2.38. The summed E-state index contributed by atoms with van der Waals surface area (Å²) in [4.78, 5) is 23.8. The summed E-state index contributed by atoms with van der Waals surface area (Å²) in [5.74, 6) is -1.09. The number of benzene rings is 1. The standard InChI is InChI=1S/C14H19NO3/c1-10-4-6-12(7-5-10)11(2)15(3)13(16)8-9-14(17)18/h4-7,11H,8-9H2,1-3H3,(H,17,18). The lowest BCUT2D eigenvalue weighted by atomic mass is 10.1. The monoisotopic (exact) mass is 249 g/mol. The Balaban J connectivity index is 2.65. The number of aryl methyl sites for hydroxylation is 1. The van der Waals surface area contributed by atoms with Crippen LogP contribution in [-0.4, -0.2) is 28.9 Å². The van der Waals surface area contributed by atoms with Gasteiger partial charge in [-0.15, -0.1) is 0 Å². The van der Waals surface area contributed by atoms with Crippen molar-refractivity contribution in [1.29, 1.82) is 0 Å². The Kier molecular flexibility index (Phi) is 4.89. The maximum absolute atomic E-state index is 11.8. The van der Waals surface area contributed by atoms with Crippen LogP contribution in [0.1, 0.15) is 36.9 Å². The summed E-state index contributed by atoms with van der Waals surface area (Å²) in [6.07, 6.45) is -0.0776. The average molecular weight is 249 g/mol. The first-order valence-corrected chi connectivity index (χ1v) is 5.96. The molecule has 4 heteroatoms. The van der Waals surface area contributed by atoms with Crippen LogP contribution in [0.2, 0.25) is 0 Å². The SMILES string of the molecule is Cc1ccc(C(C)N(C)C(=O)CCC(=O)O)cc1. The molecule has 1 N–H and O–H groups in total. The van der Waals surface area contributed by atoms with Gasteiger partial charge in [0.1, 0.15) is 0 Å². The van der Waals surface area contributed by atoms with Crippen molar-refractivity contribution >= 4 is 11.9 Å². The first-order chi connectivity index (χ1) is 8.41. The summed E-state index contributed by atoms with van der Waals surface area (Å²) in [5, 5.41) is 8.56. The van der Waals surface area contributed by atoms with E-state index in [4.69, 9.17) is 5.11 Å². The fraction of sp³-hybridized carbons (Fsp3) is 0.429. The lowest BCUT2D eigenvalue weighted by molar-refractivity contribution is -0.141. The largest absolute Gasteiger partial charge is 0.481 e. The maximum atomic E-state index is 11.8. The number of amides is 1. The second kappa shape index (κ2) is 6.19. The number of nitrogens with zero attached hydrogens (tertiary/aromatic N) is 1. The molecule has 0 aromatic heterocycles. The molecule has 0 heterocycles. The van der Waals surface area contributed by atoms with E-state index in [-0.39, 0.29) is 24.8 Å². The number of hydrogen-bond acceptors (Lipinski definition) is 2. The topological polar surface area (TPSA) is 57.6 Å². The minimum absolute atomic E-state index is 0.0437. The minimum Gasteiger partial charge on any atom is -0.481 e. The molecule has 0 aliphatic rings. The highest BCUT2D eigenvalue weighted by Gasteiger charge is 2.17. The number of rotatable bonds is 5. The Morgan fingerprint density at radius 2 is 1.78 bits per heavy atom. The molecule has 0 radical (unpaired) electrons. The van der Waals surface area contributed by atoms with Gasteiger partial charge in [0.2, 0.25) is 5.91 Å². The third-order valence-electron chi connectivity index (χ3n) is 3.09. The van der Waals surface area contributed by atoms with E-state index >= 15 is 0 Å². The van der Waals surface area contributed by atoms with Gasteiger partial charge in [-0.25, -0.2) is 0 Å². The van der Waals surface area contributed by atoms with Crippen LogP contribution in [0.5, 0.6) is 0 Å². The molecule has 1 atom stereocenters. The fourth-order valence-electron chi connectivity index (χ4n) is 1.67. The summed E-state index contributed by atoms with van der Waals surface area (Å²) in [6.45, 7) is 3.94. The number of hydrogen-bond donors (Lipinski definition) is 1. The molecule has 1 rings (SSSR count). The highest BCUT2D eigenvalue weighted by molar-refractivity contribution is 5.80. The smallest absolute Gasteiger partial charge is 0.303 e. The van der Waals surface area contributed by atoms with Crippen LogP contribution in [0, 0.1) is 6.92 Å². The zero-order valence-corrected chi connectivity index (χ0v) is 11.0. The van der Waals surface area contributed by atoms with Crippen LogP contribution in [0.3, 0.4) is 0 Å². The summed E-state index contributed by atoms with van der Waals surface area (Å²) in [6, 6.07) is 7.93. The van der Waals surface area contributed by atoms with Crippen molar-refractivity contribution in [2.75, 3.05) is 7.05 Å². The van der Waals surface area contributed by atoms with E-state index in [1.54, 1.807) is 11.9 Å². The van der Waals surface area contributed by atoms with Crippen molar-refractivity contribution in [3.05, 3.63) is 35.4 Å². The van der Waals surface area contributed by atoms with Crippen LogP contribution in [0.15, 0.2) is 24.3 Å². The fourth-order valence-corrected chi connectivity index (χ4v) is 1.67. The van der Waals surface area contributed by atoms with E-state index in [1.165, 1.54) is 5.56 Å². The first kappa shape index (κ1) is 14.2. The van der Waals surface area contributed by atoms with E-state index in [0.29, 0.717) is 0 Å². The normalized spacial score (nSPS) is 11.9. The highest BCUT2D eigenvalue weighted by Crippen LogP contribution is 2.20. The molecule has 0 bridgehead atoms. The first-order valence-electron chi connectivity index (χ1n) is 5.96. The summed E-state index contributed by atoms with van der Waals surface area (Å²) >= 11 is 0. The van der Waals surface area contributed by atoms with E-state index in [0.717, 1.165) is 5.56 Å². The van der Waals surface area contributed by atoms with Gasteiger partial charge in [0.15, 0.2) is 0 Å². The summed E-state index contributed by atoms with van der Waals surface area (Å²) < 4.78 is 0. The van der Waals surface area contributed by atoms with E-state index < -0.39 is 5.97 Å². The molecule has 1 unspecified atom stereocenters. The molecule has 4 nitrogen and oxygen atoms in total. The molecular weight excluding hydrogens is 230 g/mol. The third-order valence-corrected chi connectivity index (χ3v) is 3.09. The molecule has 1 amide bonds. The Morgan fingerprint density at radius 3 is 2.28 bits per heavy atom. The van der Waals surface area contributed by atoms with Crippen LogP contribution >= 0.6 is 0 Å². The number of aliphatic carboxylic acids is 1. The molecule has 0 saturated heterocycles. The Morgan fingerprint density at radius 1 is 1.22 bits per heavy atom. The second-order valence-electron chi connectivity index (χ2n) is 4.49. The lowest BCUT2D eigenvalue weighted by Gasteiger charge is -2.25. The molecule has 1 aromatic carbocycles. The second-order valence-corrected chi connectivity index (χ2v) is 4.49. The zero-order valence-electron chi connectivity index (χ0n) is 11.0. The molecular formula is C14H19NO3. The van der Waals surface area contributed by atoms with Gasteiger partial charge >= 0.3 is 5.97 Å². The van der Waals surface area contributed by atoms with Crippen molar-refractivity contribution in [2.24, 2.45) is 0 Å². The average Bonchev–Trinajstić information content (AvgIpc) is 2.35. The number of carboxylic acids is 1. The van der Waals surface area contributed by atoms with E-state index in [9.17, 15) is 9.59 Å². The van der Waals surface area contributed by atoms with Gasteiger partial charge < -0.3 is 10.0 Å². The molecule has 0 saturated carbocycles. The Bertz CT molecular complexity index is 425. The Labute approximate surface area is 107 Å². The van der Waals surface area contributed by atoms with Crippen molar-refractivity contribution in [2.45, 2.75) is 32.7 Å². The van der Waals surface area contributed by atoms with Gasteiger partial charge in [0, 0.05) is 13.5 Å². The van der Waals surface area contributed by atoms with E-state index in [2.05, 4.69) is 0 Å². The van der Waals surface area contributed by atoms with Crippen molar-refractivity contribution in [3.8, 4) is 0 Å². The molecule has 0 aliphatic carbocycles. The van der Waals surface area contributed by atoms with Crippen LogP contribution in [-0.2, 0) is 9.59 Å². The number of carbonyl (C=O) groups excluding carboxylic acids is 1. The minimum atomic E-state index is -0.945. The molecule has 1 aromatic rings. The summed E-state index contributed by atoms with van der Waals surface area (Å²) in [7, 11) is 1.70. The molecule has 18 heavy (non-hydrogen) atoms. The van der Waals surface area contributed by atoms with Crippen LogP contribution in [0.25, 0.3) is 0 Å². The number of carboxylic acid groups (broad SMARTS) is 1. The van der Waals surface area contributed by atoms with Crippen LogP contribution in [0.4, 0.5) is 0 Å². The van der Waals surface area contributed by atoms with Crippen molar-refractivity contribution < 1.29 is 14.7 Å². The zero-order chi connectivity index (χ0) is 13.7. The summed E-state index contributed by atoms with van der Waals surface area (Å²) in [5.41, 5.74) is 2.22. The molecule has 0 spiro atoms. The molecule has 98 valence electrons.